The summed E-state index contributed by atoms with van der Waals surface area (Å²) in [6, 6.07) is 4.64. The van der Waals surface area contributed by atoms with Crippen LogP contribution in [-0.2, 0) is 4.74 Å². The smallest absolute Gasteiger partial charge is 0.120 e. The fourth-order valence-corrected chi connectivity index (χ4v) is 1.12. The normalized spacial score (nSPS) is 9.38. The van der Waals surface area contributed by atoms with Gasteiger partial charge in [-0.3, -0.25) is 0 Å². The van der Waals surface area contributed by atoms with E-state index in [1.165, 1.54) is 19.2 Å². The zero-order valence-electron chi connectivity index (χ0n) is 7.08. The minimum atomic E-state index is 0.303. The summed E-state index contributed by atoms with van der Waals surface area (Å²) in [6.45, 7) is 3.63. The summed E-state index contributed by atoms with van der Waals surface area (Å²) >= 11 is 5.84. The van der Waals surface area contributed by atoms with Gasteiger partial charge >= 0.3 is 0 Å². The van der Waals surface area contributed by atoms with Gasteiger partial charge in [0.2, 0.25) is 0 Å². The summed E-state index contributed by atoms with van der Waals surface area (Å²) < 4.78 is 4.89. The second-order valence-electron chi connectivity index (χ2n) is 2.38. The van der Waals surface area contributed by atoms with Crippen LogP contribution in [0.15, 0.2) is 30.0 Å². The fourth-order valence-electron chi connectivity index (χ4n) is 0.894. The quantitative estimate of drug-likeness (QED) is 0.551. The molecule has 0 unspecified atom stereocenters. The van der Waals surface area contributed by atoms with Crippen molar-refractivity contribution in [3.8, 4) is 0 Å². The Morgan fingerprint density at radius 3 is 2.85 bits per heavy atom. The molecule has 0 N–H and O–H groups in total. The first-order valence-corrected chi connectivity index (χ1v) is 3.93. The Morgan fingerprint density at radius 1 is 1.62 bits per heavy atom. The van der Waals surface area contributed by atoms with Crippen molar-refractivity contribution in [1.82, 2.24) is 0 Å². The van der Waals surface area contributed by atoms with Crippen LogP contribution in [0.3, 0.4) is 0 Å². The Balaban J connectivity index is 3.18. The molecule has 0 aromatic heterocycles. The molecule has 0 atom stereocenters. The predicted molar refractivity (Wildman–Crippen MR) is 53.0 cm³/mol. The molecule has 0 amide bonds. The average Bonchev–Trinajstić information content (AvgIpc) is 2.17. The van der Waals surface area contributed by atoms with Gasteiger partial charge in [-0.1, -0.05) is 18.2 Å². The molecule has 0 aliphatic heterocycles. The Kier molecular flexibility index (Phi) is 3.03. The van der Waals surface area contributed by atoms with E-state index in [0.29, 0.717) is 22.0 Å². The molecule has 13 heavy (non-hydrogen) atoms. The SMILES string of the molecule is C=C(OC)c1cc(N=O)ccc1Cl. The van der Waals surface area contributed by atoms with E-state index in [0.717, 1.165) is 0 Å². The lowest BCUT2D eigenvalue weighted by Gasteiger charge is -2.05. The molecule has 0 bridgehead atoms. The topological polar surface area (TPSA) is 38.7 Å². The molecule has 4 heteroatoms. The van der Waals surface area contributed by atoms with Crippen molar-refractivity contribution in [3.63, 3.8) is 0 Å². The lowest BCUT2D eigenvalue weighted by atomic mass is 10.2. The Hall–Kier alpha value is -1.35. The summed E-state index contributed by atoms with van der Waals surface area (Å²) in [5.74, 6) is 0.413. The third-order valence-electron chi connectivity index (χ3n) is 1.60. The molecule has 0 heterocycles. The molecule has 0 aliphatic rings. The maximum absolute atomic E-state index is 10.2. The number of ether oxygens (including phenoxy) is 1. The van der Waals surface area contributed by atoms with E-state index in [4.69, 9.17) is 16.3 Å². The standard InChI is InChI=1S/C9H8ClNO2/c1-6(13-2)8-5-7(11-12)3-4-9(8)10/h3-5H,1H2,2H3. The van der Waals surface area contributed by atoms with Crippen LogP contribution in [-0.4, -0.2) is 7.11 Å². The number of nitrogens with zero attached hydrogens (tertiary/aromatic N) is 1. The van der Waals surface area contributed by atoms with Crippen molar-refractivity contribution < 1.29 is 4.74 Å². The number of hydrogen-bond donors (Lipinski definition) is 0. The van der Waals surface area contributed by atoms with E-state index in [2.05, 4.69) is 11.8 Å². The summed E-state index contributed by atoms with van der Waals surface area (Å²) in [5.41, 5.74) is 0.888. The Morgan fingerprint density at radius 2 is 2.31 bits per heavy atom. The number of hydrogen-bond acceptors (Lipinski definition) is 3. The summed E-state index contributed by atoms with van der Waals surface area (Å²) in [7, 11) is 1.49. The molecule has 0 saturated heterocycles. The minimum absolute atomic E-state index is 0.303. The summed E-state index contributed by atoms with van der Waals surface area (Å²) in [4.78, 5) is 10.2. The Labute approximate surface area is 80.9 Å². The number of benzene rings is 1. The highest BCUT2D eigenvalue weighted by atomic mass is 35.5. The van der Waals surface area contributed by atoms with Gasteiger partial charge in [0.15, 0.2) is 0 Å². The Bertz CT molecular complexity index is 349. The minimum Gasteiger partial charge on any atom is -0.497 e. The zero-order chi connectivity index (χ0) is 9.84. The number of rotatable bonds is 3. The van der Waals surface area contributed by atoms with E-state index in [-0.39, 0.29) is 0 Å². The van der Waals surface area contributed by atoms with Crippen molar-refractivity contribution in [2.75, 3.05) is 7.11 Å². The molecule has 68 valence electrons. The number of nitroso groups, excluding NO2 is 1. The van der Waals surface area contributed by atoms with Crippen LogP contribution in [0.4, 0.5) is 5.69 Å². The maximum atomic E-state index is 10.2. The largest absolute Gasteiger partial charge is 0.497 e. The molecule has 1 aromatic rings. The maximum Gasteiger partial charge on any atom is 0.120 e. The van der Waals surface area contributed by atoms with Crippen LogP contribution < -0.4 is 0 Å². The van der Waals surface area contributed by atoms with Crippen LogP contribution in [0.5, 0.6) is 0 Å². The van der Waals surface area contributed by atoms with Gasteiger partial charge in [-0.2, -0.15) is 0 Å². The first kappa shape index (κ1) is 9.74. The molecule has 1 aromatic carbocycles. The molecule has 0 aliphatic carbocycles. The molecule has 0 saturated carbocycles. The van der Waals surface area contributed by atoms with Gasteiger partial charge in [0, 0.05) is 5.56 Å². The lowest BCUT2D eigenvalue weighted by Crippen LogP contribution is -1.86. The third kappa shape index (κ3) is 2.06. The van der Waals surface area contributed by atoms with E-state index < -0.39 is 0 Å². The second-order valence-corrected chi connectivity index (χ2v) is 2.79. The average molecular weight is 198 g/mol. The predicted octanol–water partition coefficient (Wildman–Crippen LogP) is 3.36. The zero-order valence-corrected chi connectivity index (χ0v) is 7.84. The highest BCUT2D eigenvalue weighted by molar-refractivity contribution is 6.32. The van der Waals surface area contributed by atoms with Gasteiger partial charge in [0.05, 0.1) is 12.1 Å². The first-order chi connectivity index (χ1) is 6.19. The third-order valence-corrected chi connectivity index (χ3v) is 1.93. The molecule has 1 rings (SSSR count). The highest BCUT2D eigenvalue weighted by Gasteiger charge is 2.05. The van der Waals surface area contributed by atoms with Gasteiger partial charge < -0.3 is 4.74 Å². The molecular formula is C9H8ClNO2. The molecule has 0 fully saturated rings. The molecule has 0 radical (unpaired) electrons. The van der Waals surface area contributed by atoms with Gasteiger partial charge in [-0.05, 0) is 23.4 Å². The lowest BCUT2D eigenvalue weighted by molar-refractivity contribution is 0.371. The van der Waals surface area contributed by atoms with Crippen LogP contribution in [0.2, 0.25) is 5.02 Å². The van der Waals surface area contributed by atoms with Crippen molar-refractivity contribution in [2.45, 2.75) is 0 Å². The summed E-state index contributed by atoms with van der Waals surface area (Å²) in [6.07, 6.45) is 0. The van der Waals surface area contributed by atoms with Crippen LogP contribution in [0.1, 0.15) is 5.56 Å². The van der Waals surface area contributed by atoms with E-state index >= 15 is 0 Å². The monoisotopic (exact) mass is 197 g/mol. The first-order valence-electron chi connectivity index (χ1n) is 3.55. The second kappa shape index (κ2) is 4.05. The van der Waals surface area contributed by atoms with E-state index in [1.807, 2.05) is 0 Å². The van der Waals surface area contributed by atoms with Crippen molar-refractivity contribution >= 4 is 23.0 Å². The van der Waals surface area contributed by atoms with E-state index in [1.54, 1.807) is 6.07 Å². The molecule has 3 nitrogen and oxygen atoms in total. The van der Waals surface area contributed by atoms with Gasteiger partial charge in [0.1, 0.15) is 11.4 Å². The molecular weight excluding hydrogens is 190 g/mol. The van der Waals surface area contributed by atoms with Crippen LogP contribution in [0, 0.1) is 4.91 Å². The van der Waals surface area contributed by atoms with Crippen LogP contribution in [0.25, 0.3) is 5.76 Å². The number of methoxy groups -OCH3 is 1. The van der Waals surface area contributed by atoms with Crippen molar-refractivity contribution in [3.05, 3.63) is 40.3 Å². The summed E-state index contributed by atoms with van der Waals surface area (Å²) in [5, 5.41) is 3.27. The van der Waals surface area contributed by atoms with Crippen molar-refractivity contribution in [1.29, 1.82) is 0 Å². The van der Waals surface area contributed by atoms with Gasteiger partial charge in [-0.15, -0.1) is 4.91 Å². The van der Waals surface area contributed by atoms with Crippen LogP contribution >= 0.6 is 11.6 Å². The van der Waals surface area contributed by atoms with Gasteiger partial charge in [-0.25, -0.2) is 0 Å². The van der Waals surface area contributed by atoms with E-state index in [9.17, 15) is 4.91 Å². The fraction of sp³-hybridized carbons (Fsp3) is 0.111. The van der Waals surface area contributed by atoms with Crippen molar-refractivity contribution in [2.24, 2.45) is 5.18 Å². The highest BCUT2D eigenvalue weighted by Crippen LogP contribution is 2.27. The molecule has 0 spiro atoms. The number of halogens is 1. The van der Waals surface area contributed by atoms with Gasteiger partial charge in [0.25, 0.3) is 0 Å².